The molecule has 0 N–H and O–H groups in total. The van der Waals surface area contributed by atoms with Crippen molar-refractivity contribution in [3.63, 3.8) is 0 Å². The number of fused-ring (bicyclic) bond motifs is 19. The van der Waals surface area contributed by atoms with E-state index in [9.17, 15) is 0 Å². The van der Waals surface area contributed by atoms with E-state index in [1.165, 1.54) is 76.8 Å². The molecule has 13 rings (SSSR count). The first-order valence-corrected chi connectivity index (χ1v) is 19.4. The van der Waals surface area contributed by atoms with Gasteiger partial charge >= 0.3 is 0 Å². The van der Waals surface area contributed by atoms with Gasteiger partial charge in [0.05, 0.1) is 27.7 Å². The second-order valence-electron chi connectivity index (χ2n) is 15.2. The topological polar surface area (TPSA) is 30.7 Å². The van der Waals surface area contributed by atoms with E-state index in [1.807, 2.05) is 0 Å². The summed E-state index contributed by atoms with van der Waals surface area (Å²) in [5.41, 5.74) is 15.0. The number of nitrogens with zero attached hydrogens (tertiary/aromatic N) is 3. The van der Waals surface area contributed by atoms with E-state index >= 15 is 0 Å². The maximum atomic E-state index is 5.67. The van der Waals surface area contributed by atoms with Gasteiger partial charge in [-0.1, -0.05) is 176 Å². The van der Waals surface area contributed by atoms with Gasteiger partial charge in [-0.15, -0.1) is 0 Å². The molecule has 3 heteroatoms. The van der Waals surface area contributed by atoms with Crippen LogP contribution in [-0.2, 0) is 5.41 Å². The van der Waals surface area contributed by atoms with Crippen molar-refractivity contribution in [2.45, 2.75) is 5.41 Å². The van der Waals surface area contributed by atoms with Crippen molar-refractivity contribution in [1.82, 2.24) is 14.5 Å². The highest BCUT2D eigenvalue weighted by Gasteiger charge is 2.53. The average molecular weight is 710 g/mol. The van der Waals surface area contributed by atoms with Crippen LogP contribution < -0.4 is 0 Å². The Morgan fingerprint density at radius 2 is 0.929 bits per heavy atom. The Morgan fingerprint density at radius 3 is 1.70 bits per heavy atom. The van der Waals surface area contributed by atoms with Gasteiger partial charge < -0.3 is 0 Å². The molecule has 56 heavy (non-hydrogen) atoms. The second kappa shape index (κ2) is 10.9. The third-order valence-electron chi connectivity index (χ3n) is 12.6. The normalized spacial score (nSPS) is 13.5. The van der Waals surface area contributed by atoms with Gasteiger partial charge in [-0.3, -0.25) is 4.57 Å². The predicted octanol–water partition coefficient (Wildman–Crippen LogP) is 13.0. The van der Waals surface area contributed by atoms with Crippen LogP contribution in [0.15, 0.2) is 188 Å². The number of hydrogen-bond acceptors (Lipinski definition) is 2. The Kier molecular flexibility index (Phi) is 5.83. The fraction of sp³-hybridized carbons (Fsp3) is 0.0189. The molecule has 0 saturated carbocycles. The molecular weight excluding hydrogens is 679 g/mol. The van der Waals surface area contributed by atoms with Crippen LogP contribution in [0.4, 0.5) is 0 Å². The van der Waals surface area contributed by atoms with Crippen molar-refractivity contribution in [2.24, 2.45) is 0 Å². The third kappa shape index (κ3) is 3.63. The van der Waals surface area contributed by atoms with Crippen LogP contribution in [0.5, 0.6) is 0 Å². The van der Waals surface area contributed by atoms with Crippen LogP contribution in [0.1, 0.15) is 22.3 Å². The molecule has 1 spiro atoms. The molecule has 0 bridgehead atoms. The van der Waals surface area contributed by atoms with Crippen molar-refractivity contribution in [2.75, 3.05) is 0 Å². The third-order valence-corrected chi connectivity index (χ3v) is 12.6. The van der Waals surface area contributed by atoms with Crippen LogP contribution in [0.3, 0.4) is 0 Å². The fourth-order valence-electron chi connectivity index (χ4n) is 10.5. The first-order valence-electron chi connectivity index (χ1n) is 19.4. The Morgan fingerprint density at radius 1 is 0.393 bits per heavy atom. The van der Waals surface area contributed by atoms with Crippen LogP contribution in [0.2, 0.25) is 0 Å². The molecule has 0 atom stereocenters. The van der Waals surface area contributed by atoms with Crippen molar-refractivity contribution >= 4 is 54.3 Å². The molecule has 3 nitrogen and oxygen atoms in total. The van der Waals surface area contributed by atoms with E-state index in [1.54, 1.807) is 0 Å². The van der Waals surface area contributed by atoms with Crippen LogP contribution in [0.25, 0.3) is 93.7 Å². The monoisotopic (exact) mass is 709 g/mol. The van der Waals surface area contributed by atoms with Gasteiger partial charge in [0, 0.05) is 27.3 Å². The SMILES string of the molecule is c1ccc2c(c1)-c1ccccc1C21c2ccccc2-c2c1c1c(c3ccccc23)c2ccccc2n1-c1nc(-c2cccc3ccccc23)c2ccccc2n1. The Balaban J connectivity index is 1.28. The lowest BCUT2D eigenvalue weighted by Crippen LogP contribution is -2.26. The lowest BCUT2D eigenvalue weighted by molar-refractivity contribution is 0.796. The fourth-order valence-corrected chi connectivity index (χ4v) is 10.5. The number of aromatic nitrogens is 3. The van der Waals surface area contributed by atoms with Gasteiger partial charge in [0.2, 0.25) is 5.95 Å². The lowest BCUT2D eigenvalue weighted by atomic mass is 9.70. The zero-order valence-electron chi connectivity index (χ0n) is 30.2. The summed E-state index contributed by atoms with van der Waals surface area (Å²) in [6.07, 6.45) is 0. The Labute approximate surface area is 322 Å². The summed E-state index contributed by atoms with van der Waals surface area (Å²) in [5.74, 6) is 0.668. The molecule has 0 radical (unpaired) electrons. The Bertz CT molecular complexity index is 3450. The van der Waals surface area contributed by atoms with E-state index in [4.69, 9.17) is 9.97 Å². The number of benzene rings is 9. The zero-order chi connectivity index (χ0) is 36.5. The zero-order valence-corrected chi connectivity index (χ0v) is 30.2. The summed E-state index contributed by atoms with van der Waals surface area (Å²) in [6, 6.07) is 68.7. The van der Waals surface area contributed by atoms with Crippen molar-refractivity contribution in [1.29, 1.82) is 0 Å². The molecule has 0 amide bonds. The highest BCUT2D eigenvalue weighted by molar-refractivity contribution is 6.27. The van der Waals surface area contributed by atoms with Gasteiger partial charge in [0.1, 0.15) is 0 Å². The predicted molar refractivity (Wildman–Crippen MR) is 231 cm³/mol. The van der Waals surface area contributed by atoms with Crippen LogP contribution >= 0.6 is 0 Å². The standard InChI is InChI=1S/C53H31N3/c1-2-18-33-32(16-1)17-15-26-38(33)50-40-24-8-13-30-45(40)54-52(55-50)56-46-31-14-9-25-41(46)48-37-22-4-3-21-36(37)47-39-23-7-12-29-44(39)53(49(47)51(48)56)42-27-10-5-19-34(42)35-20-6-11-28-43(35)53/h1-31H. The molecule has 2 aliphatic rings. The molecule has 0 fully saturated rings. The first kappa shape index (κ1) is 30.0. The molecule has 2 aromatic heterocycles. The molecule has 0 unspecified atom stereocenters. The summed E-state index contributed by atoms with van der Waals surface area (Å²) in [6.45, 7) is 0. The summed E-state index contributed by atoms with van der Waals surface area (Å²) < 4.78 is 2.40. The molecule has 0 aliphatic heterocycles. The first-order chi connectivity index (χ1) is 27.8. The quantitative estimate of drug-likeness (QED) is 0.179. The molecule has 258 valence electrons. The maximum Gasteiger partial charge on any atom is 0.235 e. The molecule has 2 aliphatic carbocycles. The highest BCUT2D eigenvalue weighted by Crippen LogP contribution is 2.66. The largest absolute Gasteiger partial charge is 0.277 e. The van der Waals surface area contributed by atoms with Gasteiger partial charge in [-0.05, 0) is 72.6 Å². The average Bonchev–Trinajstić information content (AvgIpc) is 3.88. The second-order valence-corrected chi connectivity index (χ2v) is 15.2. The Hall–Kier alpha value is -7.36. The van der Waals surface area contributed by atoms with Crippen LogP contribution in [-0.4, -0.2) is 14.5 Å². The summed E-state index contributed by atoms with van der Waals surface area (Å²) >= 11 is 0. The maximum absolute atomic E-state index is 5.67. The molecule has 0 saturated heterocycles. The minimum atomic E-state index is -0.567. The lowest BCUT2D eigenvalue weighted by Gasteiger charge is -2.31. The minimum absolute atomic E-state index is 0.567. The number of rotatable bonds is 2. The number of para-hydroxylation sites is 2. The molecular formula is C53H31N3. The van der Waals surface area contributed by atoms with Crippen molar-refractivity contribution in [3.05, 3.63) is 210 Å². The van der Waals surface area contributed by atoms with Gasteiger partial charge in [-0.25, -0.2) is 9.97 Å². The highest BCUT2D eigenvalue weighted by atomic mass is 15.2. The van der Waals surface area contributed by atoms with Gasteiger partial charge in [0.15, 0.2) is 0 Å². The van der Waals surface area contributed by atoms with E-state index in [2.05, 4.69) is 193 Å². The molecule has 11 aromatic rings. The van der Waals surface area contributed by atoms with Crippen molar-refractivity contribution < 1.29 is 0 Å². The van der Waals surface area contributed by atoms with E-state index in [0.717, 1.165) is 33.2 Å². The van der Waals surface area contributed by atoms with E-state index < -0.39 is 5.41 Å². The van der Waals surface area contributed by atoms with E-state index in [0.29, 0.717) is 5.95 Å². The van der Waals surface area contributed by atoms with Crippen molar-refractivity contribution in [3.8, 4) is 39.5 Å². The minimum Gasteiger partial charge on any atom is -0.277 e. The van der Waals surface area contributed by atoms with Crippen LogP contribution in [0, 0.1) is 0 Å². The number of hydrogen-bond donors (Lipinski definition) is 0. The van der Waals surface area contributed by atoms with Gasteiger partial charge in [-0.2, -0.15) is 0 Å². The van der Waals surface area contributed by atoms with E-state index in [-0.39, 0.29) is 0 Å². The summed E-state index contributed by atoms with van der Waals surface area (Å²) in [4.78, 5) is 11.2. The summed E-state index contributed by atoms with van der Waals surface area (Å²) in [7, 11) is 0. The van der Waals surface area contributed by atoms with Gasteiger partial charge in [0.25, 0.3) is 0 Å². The molecule has 2 heterocycles. The summed E-state index contributed by atoms with van der Waals surface area (Å²) in [5, 5.41) is 8.31. The molecule has 9 aromatic carbocycles. The smallest absolute Gasteiger partial charge is 0.235 e.